The van der Waals surface area contributed by atoms with Crippen LogP contribution in [0.3, 0.4) is 0 Å². The van der Waals surface area contributed by atoms with Gasteiger partial charge in [0.2, 0.25) is 0 Å². The van der Waals surface area contributed by atoms with E-state index in [1.54, 1.807) is 24.3 Å². The molecule has 0 aliphatic rings. The van der Waals surface area contributed by atoms with E-state index in [2.05, 4.69) is 5.32 Å². The summed E-state index contributed by atoms with van der Waals surface area (Å²) >= 11 is 0. The molecule has 0 radical (unpaired) electrons. The lowest BCUT2D eigenvalue weighted by Crippen LogP contribution is -2.22. The fourth-order valence-corrected chi connectivity index (χ4v) is 1.58. The molecule has 18 heavy (non-hydrogen) atoms. The summed E-state index contributed by atoms with van der Waals surface area (Å²) in [6, 6.07) is 12.1. The molecule has 4 heteroatoms. The highest BCUT2D eigenvalue weighted by molar-refractivity contribution is 5.94. The quantitative estimate of drug-likeness (QED) is 0.872. The molecule has 2 rings (SSSR count). The number of phenolic OH excluding ortho intramolecular Hbond substituents is 1. The summed E-state index contributed by atoms with van der Waals surface area (Å²) in [6.07, 6.45) is 0. The van der Waals surface area contributed by atoms with Crippen LogP contribution in [0.2, 0.25) is 0 Å². The molecule has 2 N–H and O–H groups in total. The van der Waals surface area contributed by atoms with E-state index in [1.807, 2.05) is 0 Å². The lowest BCUT2D eigenvalue weighted by Gasteiger charge is -2.05. The number of benzene rings is 2. The van der Waals surface area contributed by atoms with Gasteiger partial charge >= 0.3 is 0 Å². The SMILES string of the molecule is O=C(NCc1cccc(F)c1)c1cccc(O)c1. The lowest BCUT2D eigenvalue weighted by molar-refractivity contribution is 0.0950. The van der Waals surface area contributed by atoms with Gasteiger partial charge in [0.05, 0.1) is 0 Å². The van der Waals surface area contributed by atoms with Gasteiger partial charge in [0.25, 0.3) is 5.91 Å². The molecule has 0 bridgehead atoms. The number of rotatable bonds is 3. The number of carbonyl (C=O) groups is 1. The Labute approximate surface area is 104 Å². The van der Waals surface area contributed by atoms with E-state index in [4.69, 9.17) is 0 Å². The van der Waals surface area contributed by atoms with E-state index < -0.39 is 0 Å². The first-order valence-corrected chi connectivity index (χ1v) is 5.47. The Morgan fingerprint density at radius 1 is 1.17 bits per heavy atom. The number of nitrogens with one attached hydrogen (secondary N) is 1. The molecule has 0 saturated carbocycles. The third-order valence-electron chi connectivity index (χ3n) is 2.45. The van der Waals surface area contributed by atoms with Crippen molar-refractivity contribution >= 4 is 5.91 Å². The van der Waals surface area contributed by atoms with Crippen molar-refractivity contribution in [1.29, 1.82) is 0 Å². The molecule has 0 heterocycles. The molecule has 0 unspecified atom stereocenters. The second-order valence-corrected chi connectivity index (χ2v) is 3.86. The van der Waals surface area contributed by atoms with Crippen LogP contribution < -0.4 is 5.32 Å². The van der Waals surface area contributed by atoms with E-state index in [9.17, 15) is 14.3 Å². The molecule has 0 fully saturated rings. The highest BCUT2D eigenvalue weighted by Crippen LogP contribution is 2.11. The molecule has 2 aromatic carbocycles. The summed E-state index contributed by atoms with van der Waals surface area (Å²) < 4.78 is 12.9. The molecule has 2 aromatic rings. The number of phenols is 1. The maximum absolute atomic E-state index is 12.9. The zero-order valence-corrected chi connectivity index (χ0v) is 9.56. The smallest absolute Gasteiger partial charge is 0.251 e. The number of carbonyl (C=O) groups excluding carboxylic acids is 1. The number of hydrogen-bond acceptors (Lipinski definition) is 2. The zero-order valence-electron chi connectivity index (χ0n) is 9.56. The van der Waals surface area contributed by atoms with Gasteiger partial charge in [0.1, 0.15) is 11.6 Å². The second-order valence-electron chi connectivity index (χ2n) is 3.86. The van der Waals surface area contributed by atoms with Gasteiger partial charge < -0.3 is 10.4 Å². The van der Waals surface area contributed by atoms with Gasteiger partial charge in [-0.1, -0.05) is 18.2 Å². The third-order valence-corrected chi connectivity index (χ3v) is 2.45. The molecule has 0 aliphatic heterocycles. The van der Waals surface area contributed by atoms with Crippen LogP contribution in [0, 0.1) is 5.82 Å². The number of hydrogen-bond donors (Lipinski definition) is 2. The average molecular weight is 245 g/mol. The third kappa shape index (κ3) is 3.07. The van der Waals surface area contributed by atoms with E-state index in [1.165, 1.54) is 24.3 Å². The predicted molar refractivity (Wildman–Crippen MR) is 65.7 cm³/mol. The van der Waals surface area contributed by atoms with Gasteiger partial charge in [0.15, 0.2) is 0 Å². The summed E-state index contributed by atoms with van der Waals surface area (Å²) in [5.41, 5.74) is 1.05. The van der Waals surface area contributed by atoms with Crippen molar-refractivity contribution in [3.8, 4) is 5.75 Å². The second kappa shape index (κ2) is 5.31. The minimum absolute atomic E-state index is 0.0356. The van der Waals surface area contributed by atoms with Crippen molar-refractivity contribution in [2.24, 2.45) is 0 Å². The molecule has 0 aliphatic carbocycles. The number of amides is 1. The molecule has 92 valence electrons. The fourth-order valence-electron chi connectivity index (χ4n) is 1.58. The van der Waals surface area contributed by atoms with E-state index >= 15 is 0 Å². The van der Waals surface area contributed by atoms with Crippen molar-refractivity contribution in [3.63, 3.8) is 0 Å². The largest absolute Gasteiger partial charge is 0.508 e. The Bertz CT molecular complexity index is 569. The monoisotopic (exact) mass is 245 g/mol. The van der Waals surface area contributed by atoms with Crippen LogP contribution in [0.1, 0.15) is 15.9 Å². The Morgan fingerprint density at radius 2 is 1.94 bits per heavy atom. The molecule has 0 spiro atoms. The topological polar surface area (TPSA) is 49.3 Å². The summed E-state index contributed by atoms with van der Waals surface area (Å²) in [4.78, 5) is 11.7. The van der Waals surface area contributed by atoms with Crippen LogP contribution >= 0.6 is 0 Å². The molecule has 0 aromatic heterocycles. The summed E-state index contributed by atoms with van der Waals surface area (Å²) in [7, 11) is 0. The van der Waals surface area contributed by atoms with E-state index in [0.717, 1.165) is 0 Å². The minimum Gasteiger partial charge on any atom is -0.508 e. The van der Waals surface area contributed by atoms with Crippen molar-refractivity contribution in [3.05, 3.63) is 65.5 Å². The maximum Gasteiger partial charge on any atom is 0.251 e. The van der Waals surface area contributed by atoms with Crippen molar-refractivity contribution in [2.45, 2.75) is 6.54 Å². The Balaban J connectivity index is 2.00. The molecule has 0 atom stereocenters. The van der Waals surface area contributed by atoms with Crippen LogP contribution in [0.4, 0.5) is 4.39 Å². The summed E-state index contributed by atoms with van der Waals surface area (Å²) in [5, 5.41) is 11.9. The van der Waals surface area contributed by atoms with Gasteiger partial charge in [-0.15, -0.1) is 0 Å². The van der Waals surface area contributed by atoms with Crippen molar-refractivity contribution < 1.29 is 14.3 Å². The lowest BCUT2D eigenvalue weighted by atomic mass is 10.2. The molecular formula is C14H12FNO2. The fraction of sp³-hybridized carbons (Fsp3) is 0.0714. The first kappa shape index (κ1) is 12.1. The van der Waals surface area contributed by atoms with Crippen LogP contribution in [0.5, 0.6) is 5.75 Å². The summed E-state index contributed by atoms with van der Waals surface area (Å²) in [6.45, 7) is 0.242. The predicted octanol–water partition coefficient (Wildman–Crippen LogP) is 2.46. The van der Waals surface area contributed by atoms with Crippen molar-refractivity contribution in [1.82, 2.24) is 5.32 Å². The zero-order chi connectivity index (χ0) is 13.0. The normalized spacial score (nSPS) is 10.1. The Kier molecular flexibility index (Phi) is 3.57. The highest BCUT2D eigenvalue weighted by atomic mass is 19.1. The van der Waals surface area contributed by atoms with Crippen molar-refractivity contribution in [2.75, 3.05) is 0 Å². The van der Waals surface area contributed by atoms with Gasteiger partial charge in [-0.05, 0) is 35.9 Å². The van der Waals surface area contributed by atoms with Crippen LogP contribution in [0.15, 0.2) is 48.5 Å². The van der Waals surface area contributed by atoms with Crippen LogP contribution in [0.25, 0.3) is 0 Å². The first-order valence-electron chi connectivity index (χ1n) is 5.47. The van der Waals surface area contributed by atoms with Gasteiger partial charge in [-0.25, -0.2) is 4.39 Å². The average Bonchev–Trinajstić information content (AvgIpc) is 2.36. The van der Waals surface area contributed by atoms with E-state index in [-0.39, 0.29) is 24.0 Å². The van der Waals surface area contributed by atoms with Crippen LogP contribution in [-0.4, -0.2) is 11.0 Å². The van der Waals surface area contributed by atoms with Crippen LogP contribution in [-0.2, 0) is 6.54 Å². The maximum atomic E-state index is 12.9. The minimum atomic E-state index is -0.334. The summed E-state index contributed by atoms with van der Waals surface area (Å²) in [5.74, 6) is -0.609. The van der Waals surface area contributed by atoms with Gasteiger partial charge in [-0.3, -0.25) is 4.79 Å². The Morgan fingerprint density at radius 3 is 2.67 bits per heavy atom. The molecule has 0 saturated heterocycles. The number of aromatic hydroxyl groups is 1. The molecule has 1 amide bonds. The highest BCUT2D eigenvalue weighted by Gasteiger charge is 2.05. The molecular weight excluding hydrogens is 233 g/mol. The van der Waals surface area contributed by atoms with E-state index in [0.29, 0.717) is 11.1 Å². The first-order chi connectivity index (χ1) is 8.65. The Hall–Kier alpha value is -2.36. The van der Waals surface area contributed by atoms with Gasteiger partial charge in [0, 0.05) is 12.1 Å². The standard InChI is InChI=1S/C14H12FNO2/c15-12-5-1-3-10(7-12)9-16-14(18)11-4-2-6-13(17)8-11/h1-8,17H,9H2,(H,16,18). The number of halogens is 1. The molecule has 3 nitrogen and oxygen atoms in total. The van der Waals surface area contributed by atoms with Gasteiger partial charge in [-0.2, -0.15) is 0 Å².